The highest BCUT2D eigenvalue weighted by molar-refractivity contribution is 5.92. The average Bonchev–Trinajstić information content (AvgIpc) is 3.01. The highest BCUT2D eigenvalue weighted by Crippen LogP contribution is 2.27. The number of aliphatic hydroxyl groups is 1. The fourth-order valence-corrected chi connectivity index (χ4v) is 2.84. The molecule has 9 nitrogen and oxygen atoms in total. The number of carbonyl (C=O) groups excluding carboxylic acids is 1. The number of nitrogens with one attached hydrogen (secondary N) is 2. The van der Waals surface area contributed by atoms with Gasteiger partial charge in [-0.15, -0.1) is 0 Å². The lowest BCUT2D eigenvalue weighted by Gasteiger charge is -2.17. The summed E-state index contributed by atoms with van der Waals surface area (Å²) in [4.78, 5) is 41.9. The van der Waals surface area contributed by atoms with Crippen molar-refractivity contribution in [2.24, 2.45) is 0 Å². The van der Waals surface area contributed by atoms with Crippen molar-refractivity contribution in [2.75, 3.05) is 6.54 Å². The number of aliphatic hydroxyl groups excluding tert-OH is 1. The molecule has 1 unspecified atom stereocenters. The Morgan fingerprint density at radius 1 is 1.46 bits per heavy atom. The van der Waals surface area contributed by atoms with Gasteiger partial charge in [0, 0.05) is 30.9 Å². The maximum Gasteiger partial charge on any atom is 0.330 e. The van der Waals surface area contributed by atoms with Gasteiger partial charge in [0.2, 0.25) is 0 Å². The van der Waals surface area contributed by atoms with E-state index in [1.165, 1.54) is 17.0 Å². The van der Waals surface area contributed by atoms with Crippen molar-refractivity contribution in [3.63, 3.8) is 0 Å². The summed E-state index contributed by atoms with van der Waals surface area (Å²) < 4.78 is 6.99. The van der Waals surface area contributed by atoms with Crippen LogP contribution in [0.15, 0.2) is 40.2 Å². The molecule has 0 aromatic carbocycles. The molecule has 1 aliphatic rings. The van der Waals surface area contributed by atoms with Gasteiger partial charge in [0.05, 0.1) is 6.10 Å². The first-order valence-corrected chi connectivity index (χ1v) is 8.36. The number of ether oxygens (including phenoxy) is 1. The monoisotopic (exact) mass is 360 g/mol. The van der Waals surface area contributed by atoms with E-state index < -0.39 is 29.7 Å². The maximum atomic E-state index is 12.0. The minimum Gasteiger partial charge on any atom is -0.390 e. The number of aryl methyl sites for hydroxylation is 1. The first-order valence-electron chi connectivity index (χ1n) is 8.36. The summed E-state index contributed by atoms with van der Waals surface area (Å²) in [6, 6.07) is 4.99. The van der Waals surface area contributed by atoms with Crippen LogP contribution in [0.1, 0.15) is 35.6 Å². The molecule has 26 heavy (non-hydrogen) atoms. The van der Waals surface area contributed by atoms with E-state index in [-0.39, 0.29) is 24.6 Å². The van der Waals surface area contributed by atoms with Crippen molar-refractivity contribution >= 4 is 5.91 Å². The second kappa shape index (κ2) is 7.63. The fourth-order valence-electron chi connectivity index (χ4n) is 2.84. The number of pyridine rings is 1. The van der Waals surface area contributed by atoms with Crippen LogP contribution in [0.5, 0.6) is 0 Å². The van der Waals surface area contributed by atoms with Gasteiger partial charge in [-0.1, -0.05) is 13.0 Å². The van der Waals surface area contributed by atoms with E-state index in [1.807, 2.05) is 0 Å². The molecule has 3 heterocycles. The number of rotatable bonds is 5. The predicted molar refractivity (Wildman–Crippen MR) is 91.8 cm³/mol. The van der Waals surface area contributed by atoms with E-state index in [4.69, 9.17) is 4.74 Å². The largest absolute Gasteiger partial charge is 0.390 e. The molecule has 0 aliphatic carbocycles. The molecule has 3 atom stereocenters. The van der Waals surface area contributed by atoms with Gasteiger partial charge >= 0.3 is 5.69 Å². The predicted octanol–water partition coefficient (Wildman–Crippen LogP) is -0.428. The molecule has 138 valence electrons. The molecular formula is C17H20N4O5. The lowest BCUT2D eigenvalue weighted by molar-refractivity contribution is -0.0187. The van der Waals surface area contributed by atoms with Crippen LogP contribution in [0, 0.1) is 0 Å². The van der Waals surface area contributed by atoms with Crippen LogP contribution in [0.3, 0.4) is 0 Å². The van der Waals surface area contributed by atoms with Crippen LogP contribution in [0.4, 0.5) is 0 Å². The van der Waals surface area contributed by atoms with Crippen molar-refractivity contribution in [2.45, 2.75) is 38.2 Å². The number of carbonyl (C=O) groups is 1. The lowest BCUT2D eigenvalue weighted by Crippen LogP contribution is -2.37. The summed E-state index contributed by atoms with van der Waals surface area (Å²) in [7, 11) is 0. The number of hydrogen-bond donors (Lipinski definition) is 3. The number of nitrogens with zero attached hydrogens (tertiary/aromatic N) is 2. The Kier molecular flexibility index (Phi) is 5.29. The van der Waals surface area contributed by atoms with Crippen LogP contribution in [0.2, 0.25) is 0 Å². The van der Waals surface area contributed by atoms with E-state index in [0.29, 0.717) is 12.0 Å². The molecule has 9 heteroatoms. The van der Waals surface area contributed by atoms with Gasteiger partial charge in [-0.05, 0) is 18.6 Å². The Balaban J connectivity index is 1.67. The van der Waals surface area contributed by atoms with Crippen LogP contribution < -0.4 is 16.6 Å². The molecule has 0 saturated carbocycles. The van der Waals surface area contributed by atoms with Gasteiger partial charge in [0.25, 0.3) is 11.5 Å². The maximum absolute atomic E-state index is 12.0. The summed E-state index contributed by atoms with van der Waals surface area (Å²) in [6.07, 6.45) is 1.38. The molecule has 2 aromatic heterocycles. The third kappa shape index (κ3) is 3.73. The fraction of sp³-hybridized carbons (Fsp3) is 0.412. The number of aromatic nitrogens is 3. The number of aromatic amines is 1. The number of amides is 1. The third-order valence-corrected chi connectivity index (χ3v) is 4.30. The summed E-state index contributed by atoms with van der Waals surface area (Å²) in [5.41, 5.74) is -0.301. The van der Waals surface area contributed by atoms with Gasteiger partial charge in [-0.25, -0.2) is 4.79 Å². The third-order valence-electron chi connectivity index (χ3n) is 4.30. The van der Waals surface area contributed by atoms with Gasteiger partial charge in [-0.2, -0.15) is 0 Å². The second-order valence-corrected chi connectivity index (χ2v) is 6.03. The number of H-pyrrole nitrogens is 1. The van der Waals surface area contributed by atoms with Crippen LogP contribution in [-0.4, -0.2) is 44.3 Å². The Bertz CT molecular complexity index is 892. The van der Waals surface area contributed by atoms with Crippen molar-refractivity contribution in [3.8, 4) is 0 Å². The van der Waals surface area contributed by atoms with Crippen LogP contribution in [0.25, 0.3) is 0 Å². The molecule has 1 saturated heterocycles. The Morgan fingerprint density at radius 2 is 2.27 bits per heavy atom. The number of hydrogen-bond acceptors (Lipinski definition) is 6. The SMILES string of the molecule is CCc1cn([C@@H]2CC(O)[C@H](CNC(=O)c3ccccn3)O2)c(=O)[nH]c1=O. The van der Waals surface area contributed by atoms with Crippen molar-refractivity contribution in [3.05, 3.63) is 62.7 Å². The zero-order valence-electron chi connectivity index (χ0n) is 14.2. The van der Waals surface area contributed by atoms with E-state index >= 15 is 0 Å². The van der Waals surface area contributed by atoms with Gasteiger partial charge in [0.15, 0.2) is 0 Å². The minimum atomic E-state index is -0.854. The first kappa shape index (κ1) is 18.0. The smallest absolute Gasteiger partial charge is 0.330 e. The molecule has 0 spiro atoms. The standard InChI is InChI=1S/C17H20N4O5/c1-2-10-9-21(17(25)20-15(10)23)14-7-12(22)13(26-14)8-19-16(24)11-5-3-4-6-18-11/h3-6,9,12-14,22H,2,7-8H2,1H3,(H,19,24)(H,20,23,25)/t12?,13-,14-/m0/s1. The zero-order chi connectivity index (χ0) is 18.7. The topological polar surface area (TPSA) is 126 Å². The molecule has 3 rings (SSSR count). The van der Waals surface area contributed by atoms with Crippen molar-refractivity contribution < 1.29 is 14.6 Å². The molecule has 1 fully saturated rings. The first-order chi connectivity index (χ1) is 12.5. The molecule has 1 amide bonds. The second-order valence-electron chi connectivity index (χ2n) is 6.03. The van der Waals surface area contributed by atoms with Crippen molar-refractivity contribution in [1.29, 1.82) is 0 Å². The molecule has 2 aromatic rings. The zero-order valence-corrected chi connectivity index (χ0v) is 14.2. The molecule has 3 N–H and O–H groups in total. The lowest BCUT2D eigenvalue weighted by atomic mass is 10.1. The van der Waals surface area contributed by atoms with E-state index in [0.717, 1.165) is 0 Å². The minimum absolute atomic E-state index is 0.0752. The Morgan fingerprint density at radius 3 is 2.96 bits per heavy atom. The molecule has 1 aliphatic heterocycles. The normalized spacial score (nSPS) is 22.3. The molecule has 0 bridgehead atoms. The van der Waals surface area contributed by atoms with Crippen LogP contribution in [-0.2, 0) is 11.2 Å². The summed E-state index contributed by atoms with van der Waals surface area (Å²) in [5.74, 6) is -0.376. The van der Waals surface area contributed by atoms with E-state index in [1.54, 1.807) is 25.1 Å². The van der Waals surface area contributed by atoms with Gasteiger partial charge in [-0.3, -0.25) is 24.1 Å². The van der Waals surface area contributed by atoms with E-state index in [9.17, 15) is 19.5 Å². The van der Waals surface area contributed by atoms with Crippen molar-refractivity contribution in [1.82, 2.24) is 19.9 Å². The Labute approximate surface area is 148 Å². The van der Waals surface area contributed by atoms with Gasteiger partial charge in [0.1, 0.15) is 18.0 Å². The highest BCUT2D eigenvalue weighted by Gasteiger charge is 2.35. The molecule has 0 radical (unpaired) electrons. The van der Waals surface area contributed by atoms with Crippen LogP contribution >= 0.6 is 0 Å². The van der Waals surface area contributed by atoms with Gasteiger partial charge < -0.3 is 15.2 Å². The summed E-state index contributed by atoms with van der Waals surface area (Å²) >= 11 is 0. The summed E-state index contributed by atoms with van der Waals surface area (Å²) in [6.45, 7) is 1.88. The quantitative estimate of drug-likeness (QED) is 0.664. The summed E-state index contributed by atoms with van der Waals surface area (Å²) in [5, 5.41) is 12.9. The van der Waals surface area contributed by atoms with E-state index in [2.05, 4.69) is 15.3 Å². The average molecular weight is 360 g/mol. The molecular weight excluding hydrogens is 340 g/mol. The highest BCUT2D eigenvalue weighted by atomic mass is 16.5. The Hall–Kier alpha value is -2.78.